The number of likely N-dealkylation sites (tertiary alicyclic amines) is 1. The average Bonchev–Trinajstić information content (AvgIpc) is 2.97. The molecule has 1 fully saturated rings. The normalized spacial score (nSPS) is 22.6. The maximum Gasteiger partial charge on any atom is 0.250 e. The molecule has 0 spiro atoms. The van der Waals surface area contributed by atoms with E-state index in [1.165, 1.54) is 0 Å². The molecule has 6 nitrogen and oxygen atoms in total. The number of carbonyl (C=O) groups is 1. The maximum atomic E-state index is 11.4. The molecule has 0 bridgehead atoms. The molecule has 0 aliphatic carbocycles. The lowest BCUT2D eigenvalue weighted by Gasteiger charge is -2.36. The van der Waals surface area contributed by atoms with Crippen LogP contribution < -0.4 is 5.73 Å². The SMILES string of the molecule is NC(=O)[C@@]1(O)CCCN(Cc2cc(-c3ccccc3)on2)C1. The first-order chi connectivity index (χ1) is 10.6. The van der Waals surface area contributed by atoms with Crippen molar-refractivity contribution in [3.8, 4) is 11.3 Å². The van der Waals surface area contributed by atoms with E-state index in [9.17, 15) is 9.90 Å². The Hall–Kier alpha value is -2.18. The van der Waals surface area contributed by atoms with Crippen molar-refractivity contribution in [1.29, 1.82) is 0 Å². The molecule has 1 atom stereocenters. The van der Waals surface area contributed by atoms with Gasteiger partial charge in [0.05, 0.1) is 5.69 Å². The number of aromatic nitrogens is 1. The summed E-state index contributed by atoms with van der Waals surface area (Å²) in [5, 5.41) is 14.3. The third kappa shape index (κ3) is 3.03. The summed E-state index contributed by atoms with van der Waals surface area (Å²) in [4.78, 5) is 13.3. The number of nitrogens with zero attached hydrogens (tertiary/aromatic N) is 2. The Labute approximate surface area is 128 Å². The van der Waals surface area contributed by atoms with Gasteiger partial charge in [-0.15, -0.1) is 0 Å². The predicted molar refractivity (Wildman–Crippen MR) is 80.6 cm³/mol. The number of carbonyl (C=O) groups excluding carboxylic acids is 1. The second-order valence-corrected chi connectivity index (χ2v) is 5.76. The number of hydrogen-bond donors (Lipinski definition) is 2. The smallest absolute Gasteiger partial charge is 0.250 e. The highest BCUT2D eigenvalue weighted by molar-refractivity contribution is 5.83. The number of β-amino-alcohol motifs (C(OH)–C–C–N with tert-alkyl or cyclic N) is 1. The van der Waals surface area contributed by atoms with Crippen LogP contribution in [0.25, 0.3) is 11.3 Å². The van der Waals surface area contributed by atoms with Crippen LogP contribution in [-0.4, -0.2) is 39.8 Å². The summed E-state index contributed by atoms with van der Waals surface area (Å²) in [6.07, 6.45) is 1.13. The van der Waals surface area contributed by atoms with Crippen LogP contribution >= 0.6 is 0 Å². The first-order valence-electron chi connectivity index (χ1n) is 7.32. The maximum absolute atomic E-state index is 11.4. The van der Waals surface area contributed by atoms with Crippen molar-refractivity contribution in [2.24, 2.45) is 5.73 Å². The first-order valence-corrected chi connectivity index (χ1v) is 7.32. The minimum atomic E-state index is -1.44. The molecule has 3 rings (SSSR count). The highest BCUT2D eigenvalue weighted by Crippen LogP contribution is 2.24. The molecule has 1 aliphatic rings. The summed E-state index contributed by atoms with van der Waals surface area (Å²) in [7, 11) is 0. The Morgan fingerprint density at radius 2 is 2.18 bits per heavy atom. The minimum Gasteiger partial charge on any atom is -0.379 e. The standard InChI is InChI=1S/C16H19N3O3/c17-15(20)16(21)7-4-8-19(11-16)10-13-9-14(22-18-13)12-5-2-1-3-6-12/h1-3,5-6,9,21H,4,7-8,10-11H2,(H2,17,20)/t16-/m1/s1. The van der Waals surface area contributed by atoms with E-state index in [0.29, 0.717) is 18.7 Å². The van der Waals surface area contributed by atoms with Gasteiger partial charge in [0.15, 0.2) is 11.4 Å². The van der Waals surface area contributed by atoms with Crippen LogP contribution in [0.4, 0.5) is 0 Å². The van der Waals surface area contributed by atoms with Crippen molar-refractivity contribution in [2.45, 2.75) is 25.0 Å². The van der Waals surface area contributed by atoms with Crippen molar-refractivity contribution in [3.05, 3.63) is 42.1 Å². The molecule has 22 heavy (non-hydrogen) atoms. The first kappa shape index (κ1) is 14.7. The van der Waals surface area contributed by atoms with Crippen LogP contribution in [0.2, 0.25) is 0 Å². The van der Waals surface area contributed by atoms with E-state index >= 15 is 0 Å². The summed E-state index contributed by atoms with van der Waals surface area (Å²) >= 11 is 0. The van der Waals surface area contributed by atoms with Gasteiger partial charge >= 0.3 is 0 Å². The second-order valence-electron chi connectivity index (χ2n) is 5.76. The zero-order chi connectivity index (χ0) is 15.6. The summed E-state index contributed by atoms with van der Waals surface area (Å²) in [6.45, 7) is 1.55. The molecule has 0 unspecified atom stereocenters. The van der Waals surface area contributed by atoms with E-state index in [0.717, 1.165) is 24.2 Å². The van der Waals surface area contributed by atoms with Gasteiger partial charge < -0.3 is 15.4 Å². The third-order valence-corrected chi connectivity index (χ3v) is 4.01. The molecule has 0 radical (unpaired) electrons. The zero-order valence-corrected chi connectivity index (χ0v) is 12.2. The van der Waals surface area contributed by atoms with Crippen LogP contribution in [0.1, 0.15) is 18.5 Å². The third-order valence-electron chi connectivity index (χ3n) is 4.01. The number of primary amides is 1. The number of nitrogens with two attached hydrogens (primary N) is 1. The van der Waals surface area contributed by atoms with Gasteiger partial charge in [-0.05, 0) is 19.4 Å². The van der Waals surface area contributed by atoms with Crippen molar-refractivity contribution in [1.82, 2.24) is 10.1 Å². The number of amides is 1. The molecule has 2 aromatic rings. The number of piperidine rings is 1. The largest absolute Gasteiger partial charge is 0.379 e. The van der Waals surface area contributed by atoms with Crippen molar-refractivity contribution < 1.29 is 14.4 Å². The molecule has 6 heteroatoms. The topological polar surface area (TPSA) is 92.6 Å². The fourth-order valence-corrected chi connectivity index (χ4v) is 2.81. The monoisotopic (exact) mass is 301 g/mol. The Balaban J connectivity index is 1.69. The van der Waals surface area contributed by atoms with Crippen molar-refractivity contribution >= 4 is 5.91 Å². The Kier molecular flexibility index (Phi) is 3.96. The quantitative estimate of drug-likeness (QED) is 0.884. The number of rotatable bonds is 4. The number of benzene rings is 1. The molecule has 1 aromatic carbocycles. The van der Waals surface area contributed by atoms with Gasteiger partial charge in [0.25, 0.3) is 5.91 Å². The molecule has 0 saturated carbocycles. The zero-order valence-electron chi connectivity index (χ0n) is 12.2. The van der Waals surface area contributed by atoms with Crippen LogP contribution in [0.3, 0.4) is 0 Å². The summed E-state index contributed by atoms with van der Waals surface area (Å²) in [5.74, 6) is 0.0418. The molecule has 116 valence electrons. The van der Waals surface area contributed by atoms with Gasteiger partial charge in [0, 0.05) is 24.7 Å². The minimum absolute atomic E-state index is 0.232. The number of aliphatic hydroxyl groups is 1. The average molecular weight is 301 g/mol. The van der Waals surface area contributed by atoms with E-state index in [1.54, 1.807) is 0 Å². The molecule has 2 heterocycles. The fraction of sp³-hybridized carbons (Fsp3) is 0.375. The van der Waals surface area contributed by atoms with Crippen LogP contribution in [0, 0.1) is 0 Å². The van der Waals surface area contributed by atoms with Gasteiger partial charge in [-0.3, -0.25) is 9.69 Å². The van der Waals surface area contributed by atoms with E-state index in [-0.39, 0.29) is 6.54 Å². The van der Waals surface area contributed by atoms with Crippen molar-refractivity contribution in [3.63, 3.8) is 0 Å². The van der Waals surface area contributed by atoms with E-state index in [2.05, 4.69) is 5.16 Å². The molecule has 1 saturated heterocycles. The van der Waals surface area contributed by atoms with E-state index in [4.69, 9.17) is 10.3 Å². The summed E-state index contributed by atoms with van der Waals surface area (Å²) < 4.78 is 5.36. The van der Waals surface area contributed by atoms with Crippen LogP contribution in [0.15, 0.2) is 40.9 Å². The molecular formula is C16H19N3O3. The van der Waals surface area contributed by atoms with Crippen molar-refractivity contribution in [2.75, 3.05) is 13.1 Å². The van der Waals surface area contributed by atoms with Gasteiger partial charge in [-0.2, -0.15) is 0 Å². The van der Waals surface area contributed by atoms with Gasteiger partial charge in [-0.1, -0.05) is 35.5 Å². The Morgan fingerprint density at radius 1 is 1.41 bits per heavy atom. The molecule has 1 amide bonds. The van der Waals surface area contributed by atoms with Crippen LogP contribution in [-0.2, 0) is 11.3 Å². The highest BCUT2D eigenvalue weighted by Gasteiger charge is 2.38. The Bertz CT molecular complexity index is 656. The van der Waals surface area contributed by atoms with Crippen LogP contribution in [0.5, 0.6) is 0 Å². The van der Waals surface area contributed by atoms with Gasteiger partial charge in [0.1, 0.15) is 0 Å². The number of hydrogen-bond acceptors (Lipinski definition) is 5. The highest BCUT2D eigenvalue weighted by atomic mass is 16.5. The van der Waals surface area contributed by atoms with Gasteiger partial charge in [0.2, 0.25) is 0 Å². The van der Waals surface area contributed by atoms with E-state index < -0.39 is 11.5 Å². The molecular weight excluding hydrogens is 282 g/mol. The molecule has 1 aromatic heterocycles. The summed E-state index contributed by atoms with van der Waals surface area (Å²) in [5.41, 5.74) is 5.58. The van der Waals surface area contributed by atoms with Gasteiger partial charge in [-0.25, -0.2) is 0 Å². The molecule has 3 N–H and O–H groups in total. The lowest BCUT2D eigenvalue weighted by atomic mass is 9.92. The fourth-order valence-electron chi connectivity index (χ4n) is 2.81. The molecule has 1 aliphatic heterocycles. The predicted octanol–water partition coefficient (Wildman–Crippen LogP) is 1.15. The van der Waals surface area contributed by atoms with E-state index in [1.807, 2.05) is 41.3 Å². The lowest BCUT2D eigenvalue weighted by Crippen LogP contribution is -2.55. The lowest BCUT2D eigenvalue weighted by molar-refractivity contribution is -0.142. The summed E-state index contributed by atoms with van der Waals surface area (Å²) in [6, 6.07) is 11.6. The Morgan fingerprint density at radius 3 is 2.91 bits per heavy atom. The second kappa shape index (κ2) is 5.90.